The highest BCUT2D eigenvalue weighted by Gasteiger charge is 2.10. The summed E-state index contributed by atoms with van der Waals surface area (Å²) in [5, 5.41) is 5.84. The predicted molar refractivity (Wildman–Crippen MR) is 110 cm³/mol. The number of hydrogen-bond donors (Lipinski definition) is 2. The maximum absolute atomic E-state index is 12.2. The van der Waals surface area contributed by atoms with Crippen LogP contribution < -0.4 is 24.8 Å². The SMILES string of the molecule is CCCOc1ccc(CNC(=O)NC(C)Cc2cccc(OC)c2)cc1OC. The molecule has 2 aromatic carbocycles. The van der Waals surface area contributed by atoms with E-state index in [4.69, 9.17) is 14.2 Å². The fourth-order valence-corrected chi connectivity index (χ4v) is 2.81. The van der Waals surface area contributed by atoms with Crippen LogP contribution in [-0.2, 0) is 13.0 Å². The molecular weight excluding hydrogens is 356 g/mol. The number of carbonyl (C=O) groups is 1. The molecule has 2 aromatic rings. The average Bonchev–Trinajstić information content (AvgIpc) is 2.70. The van der Waals surface area contributed by atoms with Gasteiger partial charge in [-0.05, 0) is 55.2 Å². The van der Waals surface area contributed by atoms with Crippen LogP contribution >= 0.6 is 0 Å². The predicted octanol–water partition coefficient (Wildman–Crippen LogP) is 3.92. The molecule has 0 saturated carbocycles. The number of carbonyl (C=O) groups excluding carboxylic acids is 1. The third kappa shape index (κ3) is 6.68. The van der Waals surface area contributed by atoms with Gasteiger partial charge in [-0.15, -0.1) is 0 Å². The summed E-state index contributed by atoms with van der Waals surface area (Å²) in [6.07, 6.45) is 1.66. The van der Waals surface area contributed by atoms with E-state index in [9.17, 15) is 4.79 Å². The number of nitrogens with one attached hydrogen (secondary N) is 2. The zero-order valence-electron chi connectivity index (χ0n) is 17.1. The van der Waals surface area contributed by atoms with Crippen LogP contribution in [-0.4, -0.2) is 32.9 Å². The van der Waals surface area contributed by atoms with Crippen LogP contribution in [0.3, 0.4) is 0 Å². The summed E-state index contributed by atoms with van der Waals surface area (Å²) in [5.74, 6) is 2.19. The van der Waals surface area contributed by atoms with E-state index in [0.717, 1.165) is 29.7 Å². The van der Waals surface area contributed by atoms with Crippen LogP contribution in [0.2, 0.25) is 0 Å². The molecule has 0 saturated heterocycles. The Morgan fingerprint density at radius 3 is 2.57 bits per heavy atom. The zero-order valence-corrected chi connectivity index (χ0v) is 17.1. The quantitative estimate of drug-likeness (QED) is 0.649. The number of amides is 2. The van der Waals surface area contributed by atoms with E-state index in [-0.39, 0.29) is 12.1 Å². The summed E-state index contributed by atoms with van der Waals surface area (Å²) in [6, 6.07) is 13.3. The molecular formula is C22H30N2O4. The number of rotatable bonds is 10. The molecule has 0 bridgehead atoms. The van der Waals surface area contributed by atoms with Crippen LogP contribution in [0.5, 0.6) is 17.2 Å². The van der Waals surface area contributed by atoms with E-state index in [1.807, 2.05) is 49.4 Å². The van der Waals surface area contributed by atoms with Crippen LogP contribution in [0.15, 0.2) is 42.5 Å². The van der Waals surface area contributed by atoms with Crippen LogP contribution in [0, 0.1) is 0 Å². The molecule has 6 nitrogen and oxygen atoms in total. The van der Waals surface area contributed by atoms with Crippen molar-refractivity contribution in [1.29, 1.82) is 0 Å². The lowest BCUT2D eigenvalue weighted by atomic mass is 10.1. The highest BCUT2D eigenvalue weighted by atomic mass is 16.5. The van der Waals surface area contributed by atoms with Gasteiger partial charge in [0.1, 0.15) is 5.75 Å². The summed E-state index contributed by atoms with van der Waals surface area (Å²) < 4.78 is 16.3. The second kappa shape index (κ2) is 11.1. The number of benzene rings is 2. The number of hydrogen-bond acceptors (Lipinski definition) is 4. The van der Waals surface area contributed by atoms with E-state index in [2.05, 4.69) is 17.6 Å². The van der Waals surface area contributed by atoms with E-state index < -0.39 is 0 Å². The molecule has 2 rings (SSSR count). The van der Waals surface area contributed by atoms with E-state index >= 15 is 0 Å². The molecule has 2 N–H and O–H groups in total. The zero-order chi connectivity index (χ0) is 20.4. The fourth-order valence-electron chi connectivity index (χ4n) is 2.81. The fraction of sp³-hybridized carbons (Fsp3) is 0.409. The number of ether oxygens (including phenoxy) is 3. The molecule has 0 aromatic heterocycles. The Morgan fingerprint density at radius 1 is 1.04 bits per heavy atom. The van der Waals surface area contributed by atoms with Gasteiger partial charge in [-0.1, -0.05) is 25.1 Å². The molecule has 1 unspecified atom stereocenters. The van der Waals surface area contributed by atoms with Crippen molar-refractivity contribution in [2.24, 2.45) is 0 Å². The van der Waals surface area contributed by atoms with Gasteiger partial charge < -0.3 is 24.8 Å². The van der Waals surface area contributed by atoms with Crippen molar-refractivity contribution >= 4 is 6.03 Å². The van der Waals surface area contributed by atoms with Gasteiger partial charge >= 0.3 is 6.03 Å². The van der Waals surface area contributed by atoms with Crippen molar-refractivity contribution in [3.63, 3.8) is 0 Å². The first kappa shape index (κ1) is 21.4. The van der Waals surface area contributed by atoms with Crippen molar-refractivity contribution in [1.82, 2.24) is 10.6 Å². The lowest BCUT2D eigenvalue weighted by Gasteiger charge is -2.16. The molecule has 0 aliphatic heterocycles. The molecule has 2 amide bonds. The van der Waals surface area contributed by atoms with Gasteiger partial charge in [-0.2, -0.15) is 0 Å². The third-order valence-corrected chi connectivity index (χ3v) is 4.20. The molecule has 0 aliphatic carbocycles. The highest BCUT2D eigenvalue weighted by Crippen LogP contribution is 2.28. The Bertz CT molecular complexity index is 764. The first-order chi connectivity index (χ1) is 13.5. The van der Waals surface area contributed by atoms with Crippen molar-refractivity contribution in [2.75, 3.05) is 20.8 Å². The minimum Gasteiger partial charge on any atom is -0.497 e. The molecule has 0 heterocycles. The summed E-state index contributed by atoms with van der Waals surface area (Å²) in [4.78, 5) is 12.2. The normalized spacial score (nSPS) is 11.4. The lowest BCUT2D eigenvalue weighted by Crippen LogP contribution is -2.41. The van der Waals surface area contributed by atoms with Crippen molar-refractivity contribution in [3.8, 4) is 17.2 Å². The van der Waals surface area contributed by atoms with Crippen molar-refractivity contribution in [2.45, 2.75) is 39.3 Å². The lowest BCUT2D eigenvalue weighted by molar-refractivity contribution is 0.237. The Balaban J connectivity index is 1.84. The van der Waals surface area contributed by atoms with Crippen LogP contribution in [0.25, 0.3) is 0 Å². The number of urea groups is 1. The number of methoxy groups -OCH3 is 2. The molecule has 152 valence electrons. The smallest absolute Gasteiger partial charge is 0.315 e. The average molecular weight is 386 g/mol. The maximum atomic E-state index is 12.2. The third-order valence-electron chi connectivity index (χ3n) is 4.20. The van der Waals surface area contributed by atoms with Gasteiger partial charge in [-0.3, -0.25) is 0 Å². The molecule has 28 heavy (non-hydrogen) atoms. The Kier molecular flexibility index (Phi) is 8.46. The molecule has 0 aliphatic rings. The minimum absolute atomic E-state index is 0.00791. The standard InChI is InChI=1S/C22H30N2O4/c1-5-11-28-20-10-9-18(14-21(20)27-4)15-23-22(25)24-16(2)12-17-7-6-8-19(13-17)26-3/h6-10,13-14,16H,5,11-12,15H2,1-4H3,(H2,23,24,25). The Hall–Kier alpha value is -2.89. The topological polar surface area (TPSA) is 68.8 Å². The van der Waals surface area contributed by atoms with Gasteiger partial charge in [0.05, 0.1) is 20.8 Å². The Morgan fingerprint density at radius 2 is 1.86 bits per heavy atom. The highest BCUT2D eigenvalue weighted by molar-refractivity contribution is 5.74. The van der Waals surface area contributed by atoms with Crippen molar-refractivity contribution in [3.05, 3.63) is 53.6 Å². The van der Waals surface area contributed by atoms with Gasteiger partial charge in [0.2, 0.25) is 0 Å². The van der Waals surface area contributed by atoms with Crippen LogP contribution in [0.4, 0.5) is 4.79 Å². The molecule has 0 radical (unpaired) electrons. The molecule has 6 heteroatoms. The Labute approximate surface area is 167 Å². The largest absolute Gasteiger partial charge is 0.497 e. The van der Waals surface area contributed by atoms with Crippen LogP contribution in [0.1, 0.15) is 31.4 Å². The van der Waals surface area contributed by atoms with E-state index in [1.54, 1.807) is 14.2 Å². The van der Waals surface area contributed by atoms with E-state index in [1.165, 1.54) is 0 Å². The minimum atomic E-state index is -0.208. The first-order valence-corrected chi connectivity index (χ1v) is 9.52. The van der Waals surface area contributed by atoms with Crippen molar-refractivity contribution < 1.29 is 19.0 Å². The second-order valence-corrected chi connectivity index (χ2v) is 6.62. The summed E-state index contributed by atoms with van der Waals surface area (Å²) in [6.45, 7) is 5.07. The summed E-state index contributed by atoms with van der Waals surface area (Å²) in [7, 11) is 3.25. The summed E-state index contributed by atoms with van der Waals surface area (Å²) in [5.41, 5.74) is 2.05. The van der Waals surface area contributed by atoms with Gasteiger partial charge in [0.25, 0.3) is 0 Å². The van der Waals surface area contributed by atoms with E-state index in [0.29, 0.717) is 24.7 Å². The van der Waals surface area contributed by atoms with Gasteiger partial charge in [0, 0.05) is 12.6 Å². The first-order valence-electron chi connectivity index (χ1n) is 9.52. The molecule has 0 fully saturated rings. The second-order valence-electron chi connectivity index (χ2n) is 6.62. The van der Waals surface area contributed by atoms with Gasteiger partial charge in [-0.25, -0.2) is 4.79 Å². The maximum Gasteiger partial charge on any atom is 0.315 e. The molecule has 1 atom stereocenters. The summed E-state index contributed by atoms with van der Waals surface area (Å²) >= 11 is 0. The molecule has 0 spiro atoms. The monoisotopic (exact) mass is 386 g/mol. The van der Waals surface area contributed by atoms with Gasteiger partial charge in [0.15, 0.2) is 11.5 Å².